The number of amides is 2. The molecule has 4 rings (SSSR count). The number of carboxylic acid groups (broad SMARTS) is 1. The van der Waals surface area contributed by atoms with Crippen LogP contribution in [0.15, 0.2) is 17.1 Å². The number of fused-ring (bicyclic) bond motifs is 2. The van der Waals surface area contributed by atoms with Crippen molar-refractivity contribution in [1.82, 2.24) is 15.5 Å². The summed E-state index contributed by atoms with van der Waals surface area (Å²) in [5, 5.41) is 15.2. The number of aliphatic carboxylic acids is 1. The van der Waals surface area contributed by atoms with Crippen LogP contribution in [0.3, 0.4) is 0 Å². The molecule has 2 unspecified atom stereocenters. The molecule has 1 saturated carbocycles. The first-order chi connectivity index (χ1) is 14.8. The third kappa shape index (κ3) is 4.46. The lowest BCUT2D eigenvalue weighted by Gasteiger charge is -2.28. The van der Waals surface area contributed by atoms with Crippen LogP contribution in [0, 0.1) is 0 Å². The Morgan fingerprint density at radius 3 is 2.81 bits per heavy atom. The topological polar surface area (TPSA) is 120 Å². The van der Waals surface area contributed by atoms with E-state index in [0.29, 0.717) is 23.8 Å². The van der Waals surface area contributed by atoms with Gasteiger partial charge in [-0.05, 0) is 31.9 Å². The number of guanidine groups is 1. The Hall–Kier alpha value is -2.81. The summed E-state index contributed by atoms with van der Waals surface area (Å²) >= 11 is 6.57. The first kappa shape index (κ1) is 21.4. The minimum absolute atomic E-state index is 0.0367. The molecule has 0 bridgehead atoms. The van der Waals surface area contributed by atoms with Crippen LogP contribution in [0.4, 0.5) is 5.69 Å². The Morgan fingerprint density at radius 2 is 2.10 bits per heavy atom. The number of hydrogen-bond acceptors (Lipinski definition) is 6. The lowest BCUT2D eigenvalue weighted by atomic mass is 9.95. The molecule has 1 aliphatic carbocycles. The zero-order valence-electron chi connectivity index (χ0n) is 17.2. The van der Waals surface area contributed by atoms with Gasteiger partial charge in [-0.2, -0.15) is 0 Å². The van der Waals surface area contributed by atoms with E-state index in [2.05, 4.69) is 15.6 Å². The van der Waals surface area contributed by atoms with Crippen molar-refractivity contribution in [3.63, 3.8) is 0 Å². The fourth-order valence-corrected chi connectivity index (χ4v) is 4.44. The summed E-state index contributed by atoms with van der Waals surface area (Å²) in [5.41, 5.74) is 1.26. The Kier molecular flexibility index (Phi) is 6.04. The molecule has 3 N–H and O–H groups in total. The van der Waals surface area contributed by atoms with Gasteiger partial charge in [0, 0.05) is 11.6 Å². The molecule has 9 nitrogen and oxygen atoms in total. The van der Waals surface area contributed by atoms with E-state index in [1.54, 1.807) is 24.0 Å². The molecule has 3 aliphatic rings. The standard InChI is InChI=1S/C21H25ClN4O5/c1-11-19(29)25-21-24-14-7-8-15(18(22)13(14)10-26(11)21)31-16(9-17(27)28)20(30)23-12-5-3-2-4-6-12/h7-8,11-12,16H,2-6,9-10H2,1H3,(H,23,30)(H,27,28)(H,24,25,29). The predicted molar refractivity (Wildman–Crippen MR) is 113 cm³/mol. The monoisotopic (exact) mass is 448 g/mol. The molecule has 166 valence electrons. The van der Waals surface area contributed by atoms with Crippen LogP contribution in [0.25, 0.3) is 0 Å². The van der Waals surface area contributed by atoms with E-state index in [-0.39, 0.29) is 28.8 Å². The van der Waals surface area contributed by atoms with Crippen LogP contribution in [0.1, 0.15) is 51.0 Å². The minimum atomic E-state index is -1.20. The number of rotatable bonds is 6. The third-order valence-corrected chi connectivity index (χ3v) is 6.38. The lowest BCUT2D eigenvalue weighted by Crippen LogP contribution is -2.45. The number of carboxylic acids is 1. The zero-order chi connectivity index (χ0) is 22.1. The van der Waals surface area contributed by atoms with Gasteiger partial charge in [0.25, 0.3) is 5.91 Å². The Morgan fingerprint density at radius 1 is 1.35 bits per heavy atom. The highest BCUT2D eigenvalue weighted by molar-refractivity contribution is 6.33. The predicted octanol–water partition coefficient (Wildman–Crippen LogP) is 2.33. The third-order valence-electron chi connectivity index (χ3n) is 5.97. The second-order valence-corrected chi connectivity index (χ2v) is 8.53. The van der Waals surface area contributed by atoms with Gasteiger partial charge in [0.2, 0.25) is 11.9 Å². The number of carbonyl (C=O) groups is 3. The van der Waals surface area contributed by atoms with Gasteiger partial charge in [0.15, 0.2) is 6.10 Å². The minimum Gasteiger partial charge on any atom is -0.481 e. The highest BCUT2D eigenvalue weighted by Crippen LogP contribution is 2.39. The average molecular weight is 449 g/mol. The molecule has 2 fully saturated rings. The Labute approximate surface area is 184 Å². The highest BCUT2D eigenvalue weighted by Gasteiger charge is 2.37. The Balaban J connectivity index is 1.54. The summed E-state index contributed by atoms with van der Waals surface area (Å²) in [6.07, 6.45) is 3.31. The molecule has 1 saturated heterocycles. The zero-order valence-corrected chi connectivity index (χ0v) is 17.9. The molecular formula is C21H25ClN4O5. The summed E-state index contributed by atoms with van der Waals surface area (Å²) < 4.78 is 5.81. The molecule has 1 aromatic carbocycles. The number of aliphatic imine (C=N–C) groups is 1. The molecule has 0 spiro atoms. The normalized spacial score (nSPS) is 21.5. The Bertz CT molecular complexity index is 944. The first-order valence-electron chi connectivity index (χ1n) is 10.5. The molecule has 2 heterocycles. The summed E-state index contributed by atoms with van der Waals surface area (Å²) in [5.74, 6) is -1.03. The quantitative estimate of drug-likeness (QED) is 0.614. The molecule has 31 heavy (non-hydrogen) atoms. The van der Waals surface area contributed by atoms with Crippen LogP contribution in [-0.4, -0.2) is 51.9 Å². The van der Waals surface area contributed by atoms with Crippen molar-refractivity contribution in [2.45, 2.75) is 70.2 Å². The number of nitrogens with one attached hydrogen (secondary N) is 2. The van der Waals surface area contributed by atoms with Gasteiger partial charge in [-0.15, -0.1) is 0 Å². The molecule has 1 aromatic rings. The maximum Gasteiger partial charge on any atom is 0.307 e. The van der Waals surface area contributed by atoms with Gasteiger partial charge >= 0.3 is 5.97 Å². The van der Waals surface area contributed by atoms with Crippen molar-refractivity contribution in [1.29, 1.82) is 0 Å². The maximum absolute atomic E-state index is 12.8. The average Bonchev–Trinajstić information content (AvgIpc) is 3.01. The van der Waals surface area contributed by atoms with Gasteiger partial charge in [-0.1, -0.05) is 30.9 Å². The van der Waals surface area contributed by atoms with Crippen molar-refractivity contribution < 1.29 is 24.2 Å². The van der Waals surface area contributed by atoms with E-state index in [1.807, 2.05) is 0 Å². The van der Waals surface area contributed by atoms with E-state index < -0.39 is 24.4 Å². The van der Waals surface area contributed by atoms with Crippen LogP contribution >= 0.6 is 11.6 Å². The number of halogens is 1. The van der Waals surface area contributed by atoms with Crippen LogP contribution < -0.4 is 15.4 Å². The lowest BCUT2D eigenvalue weighted by molar-refractivity contribution is -0.143. The van der Waals surface area contributed by atoms with Crippen LogP contribution in [0.5, 0.6) is 5.75 Å². The van der Waals surface area contributed by atoms with Gasteiger partial charge < -0.3 is 20.1 Å². The van der Waals surface area contributed by atoms with E-state index >= 15 is 0 Å². The van der Waals surface area contributed by atoms with E-state index in [4.69, 9.17) is 16.3 Å². The van der Waals surface area contributed by atoms with Crippen molar-refractivity contribution in [3.05, 3.63) is 22.7 Å². The number of carbonyl (C=O) groups excluding carboxylic acids is 2. The fraction of sp³-hybridized carbons (Fsp3) is 0.524. The van der Waals surface area contributed by atoms with Gasteiger partial charge in [-0.3, -0.25) is 19.7 Å². The molecule has 2 amide bonds. The first-order valence-corrected chi connectivity index (χ1v) is 10.9. The molecular weight excluding hydrogens is 424 g/mol. The van der Waals surface area contributed by atoms with Crippen molar-refractivity contribution in [2.75, 3.05) is 0 Å². The summed E-state index contributed by atoms with van der Waals surface area (Å²) in [7, 11) is 0. The smallest absolute Gasteiger partial charge is 0.307 e. The number of benzene rings is 1. The van der Waals surface area contributed by atoms with Crippen LogP contribution in [0.2, 0.25) is 5.02 Å². The van der Waals surface area contributed by atoms with Crippen LogP contribution in [-0.2, 0) is 20.9 Å². The summed E-state index contributed by atoms with van der Waals surface area (Å²) in [6, 6.07) is 2.92. The summed E-state index contributed by atoms with van der Waals surface area (Å²) in [4.78, 5) is 42.3. The molecule has 0 aromatic heterocycles. The van der Waals surface area contributed by atoms with E-state index in [0.717, 1.165) is 32.1 Å². The largest absolute Gasteiger partial charge is 0.481 e. The fourth-order valence-electron chi connectivity index (χ4n) is 4.18. The second kappa shape index (κ2) is 8.74. The molecule has 10 heteroatoms. The maximum atomic E-state index is 12.8. The SMILES string of the molecule is CC1C(=O)NC2=Nc3ccc(OC(CC(=O)O)C(=O)NC4CCCCC4)c(Cl)c3CN21. The number of hydrogen-bond donors (Lipinski definition) is 3. The van der Waals surface area contributed by atoms with Gasteiger partial charge in [0.1, 0.15) is 11.8 Å². The van der Waals surface area contributed by atoms with Gasteiger partial charge in [0.05, 0.1) is 23.7 Å². The van der Waals surface area contributed by atoms with Crippen molar-refractivity contribution >= 4 is 41.0 Å². The highest BCUT2D eigenvalue weighted by atomic mass is 35.5. The molecule has 0 radical (unpaired) electrons. The van der Waals surface area contributed by atoms with E-state index in [9.17, 15) is 19.5 Å². The molecule has 2 aliphatic heterocycles. The number of nitrogens with zero attached hydrogens (tertiary/aromatic N) is 2. The van der Waals surface area contributed by atoms with Crippen molar-refractivity contribution in [2.24, 2.45) is 4.99 Å². The van der Waals surface area contributed by atoms with Gasteiger partial charge in [-0.25, -0.2) is 4.99 Å². The van der Waals surface area contributed by atoms with Crippen molar-refractivity contribution in [3.8, 4) is 5.75 Å². The molecule has 2 atom stereocenters. The van der Waals surface area contributed by atoms with E-state index in [1.165, 1.54) is 0 Å². The second-order valence-electron chi connectivity index (χ2n) is 8.15. The summed E-state index contributed by atoms with van der Waals surface area (Å²) in [6.45, 7) is 2.12. The number of ether oxygens (including phenoxy) is 1.